The third kappa shape index (κ3) is 8.11. The molecule has 3 unspecified atom stereocenters. The highest BCUT2D eigenvalue weighted by atomic mass is 16.7. The number of unbranched alkanes of at least 4 members (excludes halogenated alkanes) is 1. The minimum absolute atomic E-state index is 0.0924. The first-order chi connectivity index (χ1) is 22.8. The van der Waals surface area contributed by atoms with Crippen LogP contribution in [0.4, 0.5) is 4.79 Å². The van der Waals surface area contributed by atoms with Crippen LogP contribution in [0, 0.1) is 5.92 Å². The summed E-state index contributed by atoms with van der Waals surface area (Å²) < 4.78 is 35.1. The molecule has 3 aliphatic heterocycles. The van der Waals surface area contributed by atoms with Gasteiger partial charge in [0.25, 0.3) is 0 Å². The van der Waals surface area contributed by atoms with Gasteiger partial charge in [-0.3, -0.25) is 4.90 Å². The standard InChI is InChI=1S/C34H52N2O11/c1-4-5-6-22-17-25-21(2)35(19-22)10-9-24-26-18-23(46-33-32(40)31(39)30(38)28(20-37)47-33)7-8-27(26)36(29(24)25)34(41)45-16-15-44-14-13-43-12-11-42-3/h7-8,18,21-22,25,28,30-33,37-40H,4-6,9-17,19-20H2,1-3H3/t21?,22-,25+,28+,30+,31-,32+,33?/m0/s1. The van der Waals surface area contributed by atoms with E-state index in [9.17, 15) is 25.2 Å². The topological polar surface area (TPSA) is 162 Å². The molecule has 13 heteroatoms. The number of benzene rings is 1. The Morgan fingerprint density at radius 3 is 2.49 bits per heavy atom. The van der Waals surface area contributed by atoms with Crippen molar-refractivity contribution in [1.29, 1.82) is 0 Å². The van der Waals surface area contributed by atoms with E-state index in [4.69, 9.17) is 28.4 Å². The van der Waals surface area contributed by atoms with Gasteiger partial charge in [-0.2, -0.15) is 0 Å². The summed E-state index contributed by atoms with van der Waals surface area (Å²) in [4.78, 5) is 16.4. The van der Waals surface area contributed by atoms with Crippen molar-refractivity contribution in [2.45, 2.75) is 88.6 Å². The van der Waals surface area contributed by atoms with E-state index in [-0.39, 0.29) is 25.2 Å². The number of hydrogen-bond acceptors (Lipinski definition) is 12. The highest BCUT2D eigenvalue weighted by molar-refractivity contribution is 5.95. The smallest absolute Gasteiger partial charge is 0.418 e. The van der Waals surface area contributed by atoms with Gasteiger partial charge in [0.2, 0.25) is 6.29 Å². The number of rotatable bonds is 15. The molecule has 2 fully saturated rings. The maximum Gasteiger partial charge on any atom is 0.418 e. The molecule has 1 aromatic carbocycles. The van der Waals surface area contributed by atoms with Gasteiger partial charge in [0.15, 0.2) is 0 Å². The van der Waals surface area contributed by atoms with E-state index < -0.39 is 43.4 Å². The van der Waals surface area contributed by atoms with E-state index in [1.807, 2.05) is 6.07 Å². The molecule has 0 aliphatic carbocycles. The SMILES string of the molecule is CCCC[C@H]1C[C@H]2c3c(c4cc(OC5O[C@H](CO)[C@@H](O)[C@H](O)[C@H]5O)ccc4n3C(=O)OCCOCCOCCOC)CCN(C1)C2C. The van der Waals surface area contributed by atoms with Crippen LogP contribution in [0.3, 0.4) is 0 Å². The van der Waals surface area contributed by atoms with Crippen LogP contribution in [0.2, 0.25) is 0 Å². The summed E-state index contributed by atoms with van der Waals surface area (Å²) in [5.74, 6) is 1.02. The number of piperidine rings is 1. The summed E-state index contributed by atoms with van der Waals surface area (Å²) in [6, 6.07) is 5.56. The van der Waals surface area contributed by atoms with E-state index in [0.717, 1.165) is 55.4 Å². The number of aliphatic hydroxyl groups is 4. The number of aliphatic hydroxyl groups excluding tert-OH is 4. The molecule has 264 valence electrons. The zero-order valence-corrected chi connectivity index (χ0v) is 27.8. The molecule has 47 heavy (non-hydrogen) atoms. The van der Waals surface area contributed by atoms with Crippen molar-refractivity contribution in [1.82, 2.24) is 9.47 Å². The maximum atomic E-state index is 13.9. The lowest BCUT2D eigenvalue weighted by molar-refractivity contribution is -0.277. The number of nitrogens with zero attached hydrogens (tertiary/aromatic N) is 2. The quantitative estimate of drug-likeness (QED) is 0.206. The van der Waals surface area contributed by atoms with Crippen LogP contribution in [0.5, 0.6) is 5.75 Å². The highest BCUT2D eigenvalue weighted by Gasteiger charge is 2.45. The molecule has 0 spiro atoms. The molecule has 2 saturated heterocycles. The van der Waals surface area contributed by atoms with Crippen molar-refractivity contribution in [2.24, 2.45) is 5.92 Å². The van der Waals surface area contributed by atoms with Gasteiger partial charge in [-0.15, -0.1) is 0 Å². The molecule has 0 saturated carbocycles. The number of aromatic nitrogens is 1. The Labute approximate surface area is 276 Å². The average Bonchev–Trinajstić information content (AvgIpc) is 3.36. The monoisotopic (exact) mass is 664 g/mol. The number of fused-ring (bicyclic) bond motifs is 6. The van der Waals surface area contributed by atoms with Crippen LogP contribution >= 0.6 is 0 Å². The van der Waals surface area contributed by atoms with Crippen molar-refractivity contribution in [2.75, 3.05) is 66.4 Å². The summed E-state index contributed by atoms with van der Waals surface area (Å²) in [6.45, 7) is 7.97. The number of carbonyl (C=O) groups excluding carboxylic acids is 1. The van der Waals surface area contributed by atoms with Crippen molar-refractivity contribution in [3.05, 3.63) is 29.5 Å². The van der Waals surface area contributed by atoms with Gasteiger partial charge in [-0.05, 0) is 55.9 Å². The summed E-state index contributed by atoms with van der Waals surface area (Å²) in [7, 11) is 1.62. The van der Waals surface area contributed by atoms with E-state index in [2.05, 4.69) is 18.7 Å². The second-order valence-corrected chi connectivity index (χ2v) is 12.9. The molecular weight excluding hydrogens is 612 g/mol. The molecule has 3 aliphatic rings. The second kappa shape index (κ2) is 16.9. The van der Waals surface area contributed by atoms with Gasteiger partial charge in [0.1, 0.15) is 36.8 Å². The fourth-order valence-electron chi connectivity index (χ4n) is 7.27. The summed E-state index contributed by atoms with van der Waals surface area (Å²) in [6.07, 6.45) is -2.24. The molecule has 0 radical (unpaired) electrons. The van der Waals surface area contributed by atoms with Gasteiger partial charge >= 0.3 is 6.09 Å². The number of carbonyl (C=O) groups is 1. The van der Waals surface area contributed by atoms with E-state index >= 15 is 0 Å². The van der Waals surface area contributed by atoms with Crippen LogP contribution in [0.1, 0.15) is 56.7 Å². The van der Waals surface area contributed by atoms with Gasteiger partial charge in [0, 0.05) is 43.2 Å². The van der Waals surface area contributed by atoms with Crippen molar-refractivity contribution >= 4 is 17.0 Å². The highest BCUT2D eigenvalue weighted by Crippen LogP contribution is 2.45. The minimum Gasteiger partial charge on any atom is -0.462 e. The molecule has 4 heterocycles. The maximum absolute atomic E-state index is 13.9. The summed E-state index contributed by atoms with van der Waals surface area (Å²) in [5, 5.41) is 41.5. The Morgan fingerprint density at radius 1 is 1.02 bits per heavy atom. The number of ether oxygens (including phenoxy) is 6. The summed E-state index contributed by atoms with van der Waals surface area (Å²) >= 11 is 0. The zero-order valence-electron chi connectivity index (χ0n) is 27.8. The van der Waals surface area contributed by atoms with Crippen molar-refractivity contribution in [3.8, 4) is 5.75 Å². The largest absolute Gasteiger partial charge is 0.462 e. The van der Waals surface area contributed by atoms with Gasteiger partial charge in [-0.25, -0.2) is 9.36 Å². The lowest BCUT2D eigenvalue weighted by Gasteiger charge is -2.42. The molecule has 9 atom stereocenters. The van der Waals surface area contributed by atoms with Crippen LogP contribution in [-0.4, -0.2) is 139 Å². The lowest BCUT2D eigenvalue weighted by Crippen LogP contribution is -2.60. The fraction of sp³-hybridized carbons (Fsp3) is 0.735. The second-order valence-electron chi connectivity index (χ2n) is 12.9. The van der Waals surface area contributed by atoms with Crippen LogP contribution in [0.25, 0.3) is 10.9 Å². The third-order valence-corrected chi connectivity index (χ3v) is 9.83. The van der Waals surface area contributed by atoms with Gasteiger partial charge < -0.3 is 48.8 Å². The lowest BCUT2D eigenvalue weighted by atomic mass is 9.80. The molecule has 0 amide bonds. The fourth-order valence-corrected chi connectivity index (χ4v) is 7.27. The van der Waals surface area contributed by atoms with Gasteiger partial charge in [0.05, 0.1) is 45.2 Å². The minimum atomic E-state index is -1.55. The summed E-state index contributed by atoms with van der Waals surface area (Å²) in [5.41, 5.74) is 2.74. The zero-order chi connectivity index (χ0) is 33.5. The first kappa shape index (κ1) is 36.0. The normalized spacial score (nSPS) is 30.6. The number of methoxy groups -OCH3 is 1. The average molecular weight is 665 g/mol. The number of hydrogen-bond donors (Lipinski definition) is 4. The molecular formula is C34H52N2O11. The van der Waals surface area contributed by atoms with Crippen molar-refractivity contribution < 1.29 is 53.6 Å². The Bertz CT molecular complexity index is 1300. The Balaban J connectivity index is 1.41. The molecule has 1 aromatic heterocycles. The molecule has 4 N–H and O–H groups in total. The van der Waals surface area contributed by atoms with Crippen LogP contribution < -0.4 is 4.74 Å². The van der Waals surface area contributed by atoms with Gasteiger partial charge in [-0.1, -0.05) is 19.8 Å². The molecule has 2 aromatic rings. The first-order valence-corrected chi connectivity index (χ1v) is 17.0. The Morgan fingerprint density at radius 2 is 1.77 bits per heavy atom. The van der Waals surface area contributed by atoms with Crippen LogP contribution in [-0.2, 0) is 30.1 Å². The molecule has 2 bridgehead atoms. The van der Waals surface area contributed by atoms with Crippen LogP contribution in [0.15, 0.2) is 18.2 Å². The van der Waals surface area contributed by atoms with E-state index in [0.29, 0.717) is 43.6 Å². The predicted octanol–water partition coefficient (Wildman–Crippen LogP) is 2.02. The van der Waals surface area contributed by atoms with E-state index in [1.54, 1.807) is 23.8 Å². The Kier molecular flexibility index (Phi) is 12.9. The van der Waals surface area contributed by atoms with Crippen molar-refractivity contribution in [3.63, 3.8) is 0 Å². The first-order valence-electron chi connectivity index (χ1n) is 17.0. The molecule has 5 rings (SSSR count). The van der Waals surface area contributed by atoms with E-state index in [1.165, 1.54) is 6.42 Å². The predicted molar refractivity (Wildman–Crippen MR) is 172 cm³/mol. The Hall–Kier alpha value is -2.33. The third-order valence-electron chi connectivity index (χ3n) is 9.83. The molecule has 13 nitrogen and oxygen atoms in total.